The largest absolute Gasteiger partial charge is 0.489 e. The Kier molecular flexibility index (Phi) is 6.20. The minimum Gasteiger partial charge on any atom is -0.489 e. The van der Waals surface area contributed by atoms with E-state index in [0.717, 1.165) is 11.3 Å². The number of piperazine rings is 1. The third-order valence-electron chi connectivity index (χ3n) is 5.57. The van der Waals surface area contributed by atoms with Crippen LogP contribution >= 0.6 is 0 Å². The molecule has 7 nitrogen and oxygen atoms in total. The van der Waals surface area contributed by atoms with Gasteiger partial charge in [-0.1, -0.05) is 17.3 Å². The second-order valence-electron chi connectivity index (χ2n) is 7.71. The summed E-state index contributed by atoms with van der Waals surface area (Å²) in [5, 5.41) is 3.92. The van der Waals surface area contributed by atoms with E-state index < -0.39 is 5.82 Å². The highest BCUT2D eigenvalue weighted by atomic mass is 19.1. The summed E-state index contributed by atoms with van der Waals surface area (Å²) in [6.45, 7) is 5.59. The monoisotopic (exact) mass is 437 g/mol. The van der Waals surface area contributed by atoms with Crippen LogP contribution in [0.15, 0.2) is 53.1 Å². The van der Waals surface area contributed by atoms with E-state index in [-0.39, 0.29) is 11.8 Å². The number of hydrogen-bond donors (Lipinski definition) is 0. The zero-order valence-electron chi connectivity index (χ0n) is 18.0. The van der Waals surface area contributed by atoms with Crippen LogP contribution in [0.1, 0.15) is 37.7 Å². The zero-order chi connectivity index (χ0) is 22.7. The lowest BCUT2D eigenvalue weighted by molar-refractivity contribution is 0.0535. The Morgan fingerprint density at radius 3 is 2.12 bits per heavy atom. The van der Waals surface area contributed by atoms with Gasteiger partial charge in [0.2, 0.25) is 0 Å². The molecule has 0 unspecified atom stereocenters. The van der Waals surface area contributed by atoms with Crippen LogP contribution in [0.5, 0.6) is 5.75 Å². The molecule has 0 spiro atoms. The molecule has 166 valence electrons. The van der Waals surface area contributed by atoms with E-state index in [4.69, 9.17) is 9.26 Å². The molecule has 0 radical (unpaired) electrons. The van der Waals surface area contributed by atoms with Crippen molar-refractivity contribution in [1.29, 1.82) is 0 Å². The standard InChI is InChI=1S/C24H24FN3O4/c1-16-22(17(2)32-26-16)15-31-21-8-4-6-19(14-21)24(30)28-11-9-27(10-12-28)23(29)18-5-3-7-20(25)13-18/h3-8,13-14H,9-12,15H2,1-2H3. The number of amides is 2. The summed E-state index contributed by atoms with van der Waals surface area (Å²) < 4.78 is 24.4. The first kappa shape index (κ1) is 21.5. The van der Waals surface area contributed by atoms with Gasteiger partial charge in [-0.15, -0.1) is 0 Å². The lowest BCUT2D eigenvalue weighted by Gasteiger charge is -2.35. The van der Waals surface area contributed by atoms with Crippen LogP contribution in [0.4, 0.5) is 4.39 Å². The van der Waals surface area contributed by atoms with Crippen LogP contribution in [-0.2, 0) is 6.61 Å². The Hall–Kier alpha value is -3.68. The topological polar surface area (TPSA) is 75.9 Å². The number of carbonyl (C=O) groups excluding carboxylic acids is 2. The average molecular weight is 437 g/mol. The number of hydrogen-bond acceptors (Lipinski definition) is 5. The Balaban J connectivity index is 1.36. The molecule has 0 bridgehead atoms. The predicted octanol–water partition coefficient (Wildman–Crippen LogP) is 3.61. The zero-order valence-corrected chi connectivity index (χ0v) is 18.0. The van der Waals surface area contributed by atoms with Gasteiger partial charge in [0.15, 0.2) is 0 Å². The van der Waals surface area contributed by atoms with Crippen LogP contribution < -0.4 is 4.74 Å². The molecule has 1 saturated heterocycles. The van der Waals surface area contributed by atoms with Gasteiger partial charge in [-0.2, -0.15) is 0 Å². The van der Waals surface area contributed by atoms with Gasteiger partial charge in [-0.3, -0.25) is 9.59 Å². The highest BCUT2D eigenvalue weighted by Crippen LogP contribution is 2.20. The van der Waals surface area contributed by atoms with Crippen LogP contribution in [0.2, 0.25) is 0 Å². The van der Waals surface area contributed by atoms with Crippen molar-refractivity contribution in [3.05, 3.63) is 82.5 Å². The van der Waals surface area contributed by atoms with Crippen molar-refractivity contribution >= 4 is 11.8 Å². The molecule has 2 aromatic carbocycles. The van der Waals surface area contributed by atoms with Gasteiger partial charge in [0.1, 0.15) is 23.9 Å². The Bertz CT molecular complexity index is 1120. The molecule has 0 atom stereocenters. The number of nitrogens with zero attached hydrogens (tertiary/aromatic N) is 3. The van der Waals surface area contributed by atoms with E-state index in [1.165, 1.54) is 18.2 Å². The summed E-state index contributed by atoms with van der Waals surface area (Å²) in [5.41, 5.74) is 2.50. The Morgan fingerprint density at radius 2 is 1.56 bits per heavy atom. The van der Waals surface area contributed by atoms with Gasteiger partial charge in [0.05, 0.1) is 11.3 Å². The molecule has 0 N–H and O–H groups in total. The quantitative estimate of drug-likeness (QED) is 0.610. The van der Waals surface area contributed by atoms with E-state index in [2.05, 4.69) is 5.16 Å². The van der Waals surface area contributed by atoms with E-state index in [9.17, 15) is 14.0 Å². The molecule has 0 saturated carbocycles. The third-order valence-corrected chi connectivity index (χ3v) is 5.57. The van der Waals surface area contributed by atoms with E-state index in [0.29, 0.717) is 55.4 Å². The lowest BCUT2D eigenvalue weighted by atomic mass is 10.1. The van der Waals surface area contributed by atoms with Gasteiger partial charge >= 0.3 is 0 Å². The number of ether oxygens (including phenoxy) is 1. The first-order valence-electron chi connectivity index (χ1n) is 10.4. The maximum atomic E-state index is 13.4. The van der Waals surface area contributed by atoms with Gasteiger partial charge < -0.3 is 19.1 Å². The summed E-state index contributed by atoms with van der Waals surface area (Å²) in [6, 6.07) is 12.7. The van der Waals surface area contributed by atoms with Crippen LogP contribution in [-0.4, -0.2) is 52.9 Å². The Morgan fingerprint density at radius 1 is 0.969 bits per heavy atom. The SMILES string of the molecule is Cc1noc(C)c1COc1cccc(C(=O)N2CCN(C(=O)c3cccc(F)c3)CC2)c1. The lowest BCUT2D eigenvalue weighted by Crippen LogP contribution is -2.50. The molecule has 1 aromatic heterocycles. The van der Waals surface area contributed by atoms with E-state index in [1.54, 1.807) is 40.1 Å². The molecule has 3 aromatic rings. The highest BCUT2D eigenvalue weighted by molar-refractivity contribution is 5.96. The van der Waals surface area contributed by atoms with Gasteiger partial charge in [-0.05, 0) is 50.2 Å². The molecular formula is C24H24FN3O4. The average Bonchev–Trinajstić information content (AvgIpc) is 3.14. The van der Waals surface area contributed by atoms with Crippen LogP contribution in [0.25, 0.3) is 0 Å². The smallest absolute Gasteiger partial charge is 0.254 e. The van der Waals surface area contributed by atoms with E-state index >= 15 is 0 Å². The van der Waals surface area contributed by atoms with Crippen molar-refractivity contribution in [2.24, 2.45) is 0 Å². The molecular weight excluding hydrogens is 413 g/mol. The summed E-state index contributed by atoms with van der Waals surface area (Å²) in [6.07, 6.45) is 0. The minimum absolute atomic E-state index is 0.120. The van der Waals surface area contributed by atoms with Crippen molar-refractivity contribution in [2.45, 2.75) is 20.5 Å². The molecule has 0 aliphatic carbocycles. The Labute approximate surface area is 185 Å². The molecule has 4 rings (SSSR count). The van der Waals surface area contributed by atoms with Crippen molar-refractivity contribution in [3.63, 3.8) is 0 Å². The first-order valence-corrected chi connectivity index (χ1v) is 10.4. The number of halogens is 1. The number of aryl methyl sites for hydroxylation is 2. The van der Waals surface area contributed by atoms with Gasteiger partial charge in [-0.25, -0.2) is 4.39 Å². The van der Waals surface area contributed by atoms with Crippen LogP contribution in [0.3, 0.4) is 0 Å². The summed E-state index contributed by atoms with van der Waals surface area (Å²) >= 11 is 0. The fourth-order valence-corrected chi connectivity index (χ4v) is 3.68. The minimum atomic E-state index is -0.443. The third kappa shape index (κ3) is 4.64. The first-order chi connectivity index (χ1) is 15.4. The number of benzene rings is 2. The highest BCUT2D eigenvalue weighted by Gasteiger charge is 2.26. The normalized spacial score (nSPS) is 13.8. The maximum absolute atomic E-state index is 13.4. The van der Waals surface area contributed by atoms with Crippen molar-refractivity contribution in [3.8, 4) is 5.75 Å². The molecule has 2 heterocycles. The summed E-state index contributed by atoms with van der Waals surface area (Å²) in [5.74, 6) is 0.495. The molecule has 32 heavy (non-hydrogen) atoms. The summed E-state index contributed by atoms with van der Waals surface area (Å²) in [4.78, 5) is 28.9. The van der Waals surface area contributed by atoms with E-state index in [1.807, 2.05) is 13.8 Å². The maximum Gasteiger partial charge on any atom is 0.254 e. The van der Waals surface area contributed by atoms with Crippen molar-refractivity contribution < 1.29 is 23.2 Å². The molecule has 1 aliphatic heterocycles. The number of rotatable bonds is 5. The van der Waals surface area contributed by atoms with Gasteiger partial charge in [0, 0.05) is 37.3 Å². The summed E-state index contributed by atoms with van der Waals surface area (Å²) in [7, 11) is 0. The van der Waals surface area contributed by atoms with Crippen molar-refractivity contribution in [2.75, 3.05) is 26.2 Å². The van der Waals surface area contributed by atoms with Crippen molar-refractivity contribution in [1.82, 2.24) is 15.0 Å². The fraction of sp³-hybridized carbons (Fsp3) is 0.292. The number of aromatic nitrogens is 1. The predicted molar refractivity (Wildman–Crippen MR) is 115 cm³/mol. The van der Waals surface area contributed by atoms with Gasteiger partial charge in [0.25, 0.3) is 11.8 Å². The van der Waals surface area contributed by atoms with Crippen LogP contribution in [0, 0.1) is 19.7 Å². The molecule has 2 amide bonds. The fourth-order valence-electron chi connectivity index (χ4n) is 3.68. The second kappa shape index (κ2) is 9.21. The second-order valence-corrected chi connectivity index (χ2v) is 7.71. The number of carbonyl (C=O) groups is 2. The molecule has 1 fully saturated rings. The molecule has 1 aliphatic rings. The molecule has 8 heteroatoms.